The van der Waals surface area contributed by atoms with Crippen LogP contribution in [0.25, 0.3) is 0 Å². The van der Waals surface area contributed by atoms with Crippen LogP contribution in [0.1, 0.15) is 29.9 Å². The van der Waals surface area contributed by atoms with Crippen LogP contribution in [0.4, 0.5) is 0 Å². The first-order valence-corrected chi connectivity index (χ1v) is 5.93. The second-order valence-corrected chi connectivity index (χ2v) is 4.80. The molecule has 1 rings (SSSR count). The molecule has 0 aliphatic heterocycles. The Morgan fingerprint density at radius 1 is 1.39 bits per heavy atom. The number of nitrogens with zero attached hydrogens (tertiary/aromatic N) is 1. The van der Waals surface area contributed by atoms with Gasteiger partial charge in [-0.2, -0.15) is 0 Å². The highest BCUT2D eigenvalue weighted by atomic mass is 35.5. The lowest BCUT2D eigenvalue weighted by Crippen LogP contribution is -2.47. The van der Waals surface area contributed by atoms with Crippen LogP contribution >= 0.6 is 11.6 Å². The Morgan fingerprint density at radius 2 is 2.00 bits per heavy atom. The van der Waals surface area contributed by atoms with Gasteiger partial charge in [-0.25, -0.2) is 4.98 Å². The zero-order valence-electron chi connectivity index (χ0n) is 10.5. The van der Waals surface area contributed by atoms with Crippen LogP contribution in [0, 0.1) is 12.8 Å². The van der Waals surface area contributed by atoms with E-state index in [-0.39, 0.29) is 17.0 Å². The summed E-state index contributed by atoms with van der Waals surface area (Å²) < 4.78 is 0. The number of halogens is 1. The predicted molar refractivity (Wildman–Crippen MR) is 69.3 cm³/mol. The fourth-order valence-corrected chi connectivity index (χ4v) is 1.80. The third kappa shape index (κ3) is 3.70. The van der Waals surface area contributed by atoms with E-state index in [4.69, 9.17) is 17.3 Å². The Bertz CT molecular complexity index is 454. The van der Waals surface area contributed by atoms with Crippen LogP contribution in [0.2, 0.25) is 5.15 Å². The highest BCUT2D eigenvalue weighted by Crippen LogP contribution is 2.11. The van der Waals surface area contributed by atoms with E-state index in [1.807, 2.05) is 0 Å². The number of hydrogen-bond acceptors (Lipinski definition) is 3. The second-order valence-electron chi connectivity index (χ2n) is 4.42. The van der Waals surface area contributed by atoms with Crippen molar-refractivity contribution in [3.05, 3.63) is 28.5 Å². The van der Waals surface area contributed by atoms with E-state index < -0.39 is 11.9 Å². The molecule has 6 heteroatoms. The molecule has 3 N–H and O–H groups in total. The third-order valence-corrected chi connectivity index (χ3v) is 2.64. The summed E-state index contributed by atoms with van der Waals surface area (Å²) >= 11 is 5.77. The summed E-state index contributed by atoms with van der Waals surface area (Å²) in [6.45, 7) is 5.34. The number of carbonyl (C=O) groups is 2. The first kappa shape index (κ1) is 14.4. The molecule has 0 aliphatic carbocycles. The zero-order valence-corrected chi connectivity index (χ0v) is 11.3. The molecule has 1 aromatic heterocycles. The summed E-state index contributed by atoms with van der Waals surface area (Å²) in [5, 5.41) is 2.82. The molecule has 0 saturated carbocycles. The van der Waals surface area contributed by atoms with E-state index >= 15 is 0 Å². The van der Waals surface area contributed by atoms with E-state index in [1.165, 1.54) is 6.07 Å². The molecule has 0 radical (unpaired) electrons. The number of pyridine rings is 1. The largest absolute Gasteiger partial charge is 0.368 e. The molecular weight excluding hydrogens is 254 g/mol. The van der Waals surface area contributed by atoms with Crippen LogP contribution in [0.15, 0.2) is 12.1 Å². The Balaban J connectivity index is 2.90. The molecule has 1 heterocycles. The van der Waals surface area contributed by atoms with Gasteiger partial charge in [0.1, 0.15) is 11.2 Å². The molecule has 0 aliphatic rings. The maximum Gasteiger partial charge on any atom is 0.252 e. The summed E-state index contributed by atoms with van der Waals surface area (Å²) in [4.78, 5) is 27.1. The minimum absolute atomic E-state index is 0.0788. The van der Waals surface area contributed by atoms with Gasteiger partial charge < -0.3 is 11.1 Å². The minimum Gasteiger partial charge on any atom is -0.368 e. The number of primary amides is 1. The summed E-state index contributed by atoms with van der Waals surface area (Å²) in [6, 6.07) is 2.34. The van der Waals surface area contributed by atoms with Crippen LogP contribution < -0.4 is 11.1 Å². The number of hydrogen-bond donors (Lipinski definition) is 2. The number of aryl methyl sites for hydroxylation is 1. The van der Waals surface area contributed by atoms with Gasteiger partial charge in [0.2, 0.25) is 5.91 Å². The first-order valence-electron chi connectivity index (χ1n) is 5.55. The SMILES string of the molecule is Cc1cc(C(=O)NC(C(N)=O)C(C)C)cc(Cl)n1. The van der Waals surface area contributed by atoms with Gasteiger partial charge in [0.25, 0.3) is 5.91 Å². The molecule has 0 aromatic carbocycles. The van der Waals surface area contributed by atoms with Crippen LogP contribution in [0.5, 0.6) is 0 Å². The van der Waals surface area contributed by atoms with Crippen molar-refractivity contribution in [1.29, 1.82) is 0 Å². The van der Waals surface area contributed by atoms with Crippen LogP contribution in [0.3, 0.4) is 0 Å². The standard InChI is InChI=1S/C12H16ClN3O2/c1-6(2)10(11(14)17)16-12(18)8-4-7(3)15-9(13)5-8/h4-6,10H,1-3H3,(H2,14,17)(H,16,18). The maximum absolute atomic E-state index is 12.0. The Kier molecular flexibility index (Phi) is 4.67. The van der Waals surface area contributed by atoms with Gasteiger partial charge in [0.15, 0.2) is 0 Å². The minimum atomic E-state index is -0.704. The van der Waals surface area contributed by atoms with Crippen molar-refractivity contribution in [3.8, 4) is 0 Å². The molecule has 1 atom stereocenters. The number of amides is 2. The summed E-state index contributed by atoms with van der Waals surface area (Å²) in [6.07, 6.45) is 0. The number of nitrogens with one attached hydrogen (secondary N) is 1. The van der Waals surface area contributed by atoms with Gasteiger partial charge in [-0.3, -0.25) is 9.59 Å². The van der Waals surface area contributed by atoms with Crippen molar-refractivity contribution in [2.24, 2.45) is 11.7 Å². The topological polar surface area (TPSA) is 85.1 Å². The fraction of sp³-hybridized carbons (Fsp3) is 0.417. The van der Waals surface area contributed by atoms with E-state index in [2.05, 4.69) is 10.3 Å². The van der Waals surface area contributed by atoms with Crippen molar-refractivity contribution < 1.29 is 9.59 Å². The maximum atomic E-state index is 12.0. The summed E-state index contributed by atoms with van der Waals surface area (Å²) in [5.41, 5.74) is 6.22. The molecule has 0 spiro atoms. The number of carbonyl (C=O) groups excluding carboxylic acids is 2. The van der Waals surface area contributed by atoms with Crippen molar-refractivity contribution in [2.75, 3.05) is 0 Å². The van der Waals surface area contributed by atoms with Crippen molar-refractivity contribution in [3.63, 3.8) is 0 Å². The van der Waals surface area contributed by atoms with Crippen LogP contribution in [-0.2, 0) is 4.79 Å². The lowest BCUT2D eigenvalue weighted by molar-refractivity contribution is -0.120. The highest BCUT2D eigenvalue weighted by Gasteiger charge is 2.22. The van der Waals surface area contributed by atoms with E-state index in [1.54, 1.807) is 26.8 Å². The molecule has 0 fully saturated rings. The number of aromatic nitrogens is 1. The Morgan fingerprint density at radius 3 is 2.44 bits per heavy atom. The van der Waals surface area contributed by atoms with E-state index in [0.717, 1.165) is 0 Å². The normalized spacial score (nSPS) is 12.3. The van der Waals surface area contributed by atoms with Gasteiger partial charge in [0.05, 0.1) is 0 Å². The quantitative estimate of drug-likeness (QED) is 0.808. The van der Waals surface area contributed by atoms with Gasteiger partial charge >= 0.3 is 0 Å². The average molecular weight is 270 g/mol. The molecular formula is C12H16ClN3O2. The third-order valence-electron chi connectivity index (χ3n) is 2.44. The van der Waals surface area contributed by atoms with E-state index in [0.29, 0.717) is 11.3 Å². The Labute approximate surface area is 111 Å². The van der Waals surface area contributed by atoms with Crippen molar-refractivity contribution in [2.45, 2.75) is 26.8 Å². The monoisotopic (exact) mass is 269 g/mol. The fourth-order valence-electron chi connectivity index (χ4n) is 1.55. The molecule has 2 amide bonds. The van der Waals surface area contributed by atoms with Gasteiger partial charge in [-0.05, 0) is 25.0 Å². The summed E-state index contributed by atoms with van der Waals surface area (Å²) in [7, 11) is 0. The molecule has 1 unspecified atom stereocenters. The predicted octanol–water partition coefficient (Wildman–Crippen LogP) is 1.28. The zero-order chi connectivity index (χ0) is 13.9. The smallest absolute Gasteiger partial charge is 0.252 e. The number of rotatable bonds is 4. The second kappa shape index (κ2) is 5.82. The number of nitrogens with two attached hydrogens (primary N) is 1. The molecule has 5 nitrogen and oxygen atoms in total. The average Bonchev–Trinajstić information content (AvgIpc) is 2.23. The molecule has 0 saturated heterocycles. The van der Waals surface area contributed by atoms with Gasteiger partial charge in [-0.15, -0.1) is 0 Å². The lowest BCUT2D eigenvalue weighted by Gasteiger charge is -2.19. The molecule has 18 heavy (non-hydrogen) atoms. The van der Waals surface area contributed by atoms with Gasteiger partial charge in [-0.1, -0.05) is 25.4 Å². The summed E-state index contributed by atoms with van der Waals surface area (Å²) in [5.74, 6) is -1.03. The van der Waals surface area contributed by atoms with Crippen LogP contribution in [-0.4, -0.2) is 22.8 Å². The highest BCUT2D eigenvalue weighted by molar-refractivity contribution is 6.29. The van der Waals surface area contributed by atoms with Crippen molar-refractivity contribution in [1.82, 2.24) is 10.3 Å². The lowest BCUT2D eigenvalue weighted by atomic mass is 10.0. The first-order chi connectivity index (χ1) is 8.31. The molecule has 1 aromatic rings. The Hall–Kier alpha value is -1.62. The van der Waals surface area contributed by atoms with E-state index in [9.17, 15) is 9.59 Å². The molecule has 0 bridgehead atoms. The molecule has 98 valence electrons. The van der Waals surface area contributed by atoms with Gasteiger partial charge in [0, 0.05) is 11.3 Å². The van der Waals surface area contributed by atoms with Crippen molar-refractivity contribution >= 4 is 23.4 Å².